The molecule has 3 heterocycles. The summed E-state index contributed by atoms with van der Waals surface area (Å²) in [5.41, 5.74) is 6.31. The lowest BCUT2D eigenvalue weighted by Crippen LogP contribution is -2.35. The summed E-state index contributed by atoms with van der Waals surface area (Å²) >= 11 is 1.41. The Morgan fingerprint density at radius 1 is 1.60 bits per heavy atom. The summed E-state index contributed by atoms with van der Waals surface area (Å²) in [6.45, 7) is 3.13. The zero-order valence-electron chi connectivity index (χ0n) is 10.9. The third-order valence-corrected chi connectivity index (χ3v) is 4.37. The SMILES string of the molecule is CCOC(=O)N1CCc2c(sc3nc(N)[nH]c(=O)c23)C1. The van der Waals surface area contributed by atoms with Gasteiger partial charge in [-0.1, -0.05) is 0 Å². The number of fused-ring (bicyclic) bond motifs is 3. The molecule has 0 spiro atoms. The smallest absolute Gasteiger partial charge is 0.410 e. The molecule has 0 atom stereocenters. The Bertz CT molecular complexity index is 736. The van der Waals surface area contributed by atoms with Crippen LogP contribution in [0.5, 0.6) is 0 Å². The minimum Gasteiger partial charge on any atom is -0.450 e. The molecule has 20 heavy (non-hydrogen) atoms. The zero-order chi connectivity index (χ0) is 14.3. The van der Waals surface area contributed by atoms with E-state index in [0.29, 0.717) is 36.3 Å². The van der Waals surface area contributed by atoms with Gasteiger partial charge in [0.05, 0.1) is 18.5 Å². The van der Waals surface area contributed by atoms with Crippen molar-refractivity contribution in [1.29, 1.82) is 0 Å². The number of hydrogen-bond donors (Lipinski definition) is 2. The quantitative estimate of drug-likeness (QED) is 0.819. The first-order valence-electron chi connectivity index (χ1n) is 6.32. The van der Waals surface area contributed by atoms with Gasteiger partial charge in [0.1, 0.15) is 4.83 Å². The molecule has 0 bridgehead atoms. The fourth-order valence-electron chi connectivity index (χ4n) is 2.39. The van der Waals surface area contributed by atoms with Gasteiger partial charge in [0.25, 0.3) is 5.56 Å². The molecule has 3 N–H and O–H groups in total. The van der Waals surface area contributed by atoms with Crippen LogP contribution in [0, 0.1) is 0 Å². The van der Waals surface area contributed by atoms with Crippen LogP contribution in [-0.4, -0.2) is 34.1 Å². The van der Waals surface area contributed by atoms with E-state index in [4.69, 9.17) is 10.5 Å². The van der Waals surface area contributed by atoms with E-state index in [1.54, 1.807) is 11.8 Å². The lowest BCUT2D eigenvalue weighted by atomic mass is 10.1. The van der Waals surface area contributed by atoms with E-state index in [0.717, 1.165) is 10.4 Å². The van der Waals surface area contributed by atoms with Crippen molar-refractivity contribution in [3.63, 3.8) is 0 Å². The van der Waals surface area contributed by atoms with Crippen molar-refractivity contribution in [1.82, 2.24) is 14.9 Å². The van der Waals surface area contributed by atoms with Gasteiger partial charge in [-0.05, 0) is 18.9 Å². The topological polar surface area (TPSA) is 101 Å². The second-order valence-electron chi connectivity index (χ2n) is 4.51. The molecule has 0 aliphatic carbocycles. The maximum Gasteiger partial charge on any atom is 0.410 e. The largest absolute Gasteiger partial charge is 0.450 e. The lowest BCUT2D eigenvalue weighted by Gasteiger charge is -2.25. The average molecular weight is 294 g/mol. The van der Waals surface area contributed by atoms with Crippen LogP contribution < -0.4 is 11.3 Å². The second-order valence-corrected chi connectivity index (χ2v) is 5.59. The molecule has 1 aliphatic heterocycles. The fourth-order valence-corrected chi connectivity index (χ4v) is 3.63. The minimum atomic E-state index is -0.322. The molecular weight excluding hydrogens is 280 g/mol. The van der Waals surface area contributed by atoms with Crippen LogP contribution in [0.2, 0.25) is 0 Å². The van der Waals surface area contributed by atoms with Gasteiger partial charge in [-0.3, -0.25) is 9.78 Å². The Kier molecular flexibility index (Phi) is 3.09. The molecule has 0 unspecified atom stereocenters. The molecule has 0 saturated carbocycles. The standard InChI is InChI=1S/C12H14N4O3S/c1-2-19-12(18)16-4-3-6-7(5-16)20-10-8(6)9(17)14-11(13)15-10/h2-5H2,1H3,(H3,13,14,15,17). The van der Waals surface area contributed by atoms with Crippen molar-refractivity contribution >= 4 is 33.6 Å². The van der Waals surface area contributed by atoms with Crippen molar-refractivity contribution in [2.24, 2.45) is 0 Å². The van der Waals surface area contributed by atoms with Gasteiger partial charge in [-0.25, -0.2) is 9.78 Å². The maximum atomic E-state index is 12.0. The number of H-pyrrole nitrogens is 1. The molecule has 0 aromatic carbocycles. The third kappa shape index (κ3) is 2.01. The number of carbonyl (C=O) groups excluding carboxylic acids is 1. The molecule has 2 aromatic rings. The summed E-state index contributed by atoms with van der Waals surface area (Å²) in [6, 6.07) is 0. The molecule has 1 amide bonds. The first kappa shape index (κ1) is 12.9. The summed E-state index contributed by atoms with van der Waals surface area (Å²) in [6.07, 6.45) is 0.306. The van der Waals surface area contributed by atoms with Crippen molar-refractivity contribution in [2.75, 3.05) is 18.9 Å². The lowest BCUT2D eigenvalue weighted by molar-refractivity contribution is 0.103. The number of nitrogens with zero attached hydrogens (tertiary/aromatic N) is 2. The highest BCUT2D eigenvalue weighted by Gasteiger charge is 2.26. The Morgan fingerprint density at radius 3 is 3.15 bits per heavy atom. The van der Waals surface area contributed by atoms with Gasteiger partial charge in [0.15, 0.2) is 0 Å². The second kappa shape index (κ2) is 4.78. The van der Waals surface area contributed by atoms with E-state index >= 15 is 0 Å². The molecule has 8 heteroatoms. The summed E-state index contributed by atoms with van der Waals surface area (Å²) in [4.78, 5) is 33.6. The number of hydrogen-bond acceptors (Lipinski definition) is 6. The van der Waals surface area contributed by atoms with E-state index in [1.807, 2.05) is 0 Å². The van der Waals surface area contributed by atoms with Crippen molar-refractivity contribution in [3.8, 4) is 0 Å². The van der Waals surface area contributed by atoms with Crippen LogP contribution in [0.25, 0.3) is 10.2 Å². The molecule has 3 rings (SSSR count). The van der Waals surface area contributed by atoms with Gasteiger partial charge < -0.3 is 15.4 Å². The number of ether oxygens (including phenoxy) is 1. The van der Waals surface area contributed by atoms with Crippen molar-refractivity contribution in [3.05, 3.63) is 20.8 Å². The highest BCUT2D eigenvalue weighted by Crippen LogP contribution is 2.32. The van der Waals surface area contributed by atoms with Gasteiger partial charge in [-0.15, -0.1) is 11.3 Å². The van der Waals surface area contributed by atoms with Crippen LogP contribution >= 0.6 is 11.3 Å². The first-order valence-corrected chi connectivity index (χ1v) is 7.13. The third-order valence-electron chi connectivity index (χ3n) is 3.25. The van der Waals surface area contributed by atoms with Gasteiger partial charge in [-0.2, -0.15) is 0 Å². The number of nitrogen functional groups attached to an aromatic ring is 1. The molecule has 0 radical (unpaired) electrons. The Morgan fingerprint density at radius 2 is 2.40 bits per heavy atom. The number of anilines is 1. The number of aromatic nitrogens is 2. The summed E-state index contributed by atoms with van der Waals surface area (Å²) in [5, 5.41) is 0.600. The molecule has 1 aliphatic rings. The van der Waals surface area contributed by atoms with Crippen LogP contribution in [0.15, 0.2) is 4.79 Å². The van der Waals surface area contributed by atoms with Gasteiger partial charge in [0, 0.05) is 11.4 Å². The highest BCUT2D eigenvalue weighted by molar-refractivity contribution is 7.18. The van der Waals surface area contributed by atoms with E-state index in [1.165, 1.54) is 11.3 Å². The van der Waals surface area contributed by atoms with Crippen molar-refractivity contribution < 1.29 is 9.53 Å². The maximum absolute atomic E-state index is 12.0. The molecule has 106 valence electrons. The number of nitrogens with one attached hydrogen (secondary N) is 1. The Balaban J connectivity index is 2.01. The predicted molar refractivity (Wildman–Crippen MR) is 75.8 cm³/mol. The predicted octanol–water partition coefficient (Wildman–Crippen LogP) is 1.08. The van der Waals surface area contributed by atoms with E-state index in [2.05, 4.69) is 9.97 Å². The van der Waals surface area contributed by atoms with Gasteiger partial charge in [0.2, 0.25) is 5.95 Å². The summed E-state index contributed by atoms with van der Waals surface area (Å²) < 4.78 is 5.00. The normalized spacial score (nSPS) is 14.3. The molecular formula is C12H14N4O3S. The van der Waals surface area contributed by atoms with Gasteiger partial charge >= 0.3 is 6.09 Å². The highest BCUT2D eigenvalue weighted by atomic mass is 32.1. The van der Waals surface area contributed by atoms with E-state index in [-0.39, 0.29) is 17.6 Å². The number of thiophene rings is 1. The number of rotatable bonds is 1. The summed E-state index contributed by atoms with van der Waals surface area (Å²) in [7, 11) is 0. The van der Waals surface area contributed by atoms with Crippen LogP contribution in [-0.2, 0) is 17.7 Å². The van der Waals surface area contributed by atoms with E-state index < -0.39 is 0 Å². The number of nitrogens with two attached hydrogens (primary N) is 1. The molecule has 7 nitrogen and oxygen atoms in total. The zero-order valence-corrected chi connectivity index (χ0v) is 11.7. The van der Waals surface area contributed by atoms with Crippen LogP contribution in [0.4, 0.5) is 10.7 Å². The molecule has 2 aromatic heterocycles. The first-order chi connectivity index (χ1) is 9.60. The Hall–Kier alpha value is -2.09. The minimum absolute atomic E-state index is 0.114. The van der Waals surface area contributed by atoms with Crippen LogP contribution in [0.1, 0.15) is 17.4 Å². The fraction of sp³-hybridized carbons (Fsp3) is 0.417. The summed E-state index contributed by atoms with van der Waals surface area (Å²) in [5.74, 6) is 0.114. The average Bonchev–Trinajstić information content (AvgIpc) is 2.75. The van der Waals surface area contributed by atoms with Crippen LogP contribution in [0.3, 0.4) is 0 Å². The number of amides is 1. The number of aromatic amines is 1. The monoisotopic (exact) mass is 294 g/mol. The van der Waals surface area contributed by atoms with Crippen molar-refractivity contribution in [2.45, 2.75) is 19.9 Å². The molecule has 0 saturated heterocycles. The number of carbonyl (C=O) groups is 1. The Labute approximate surface area is 118 Å². The van der Waals surface area contributed by atoms with E-state index in [9.17, 15) is 9.59 Å². The molecule has 0 fully saturated rings.